The van der Waals surface area contributed by atoms with Gasteiger partial charge in [-0.25, -0.2) is 0 Å². The lowest BCUT2D eigenvalue weighted by molar-refractivity contribution is -0.140. The fraction of sp³-hybridized carbons (Fsp3) is 0.900. The molecule has 4 nitrogen and oxygen atoms in total. The molecular weight excluding hydrogens is 302 g/mol. The van der Waals surface area contributed by atoms with E-state index in [2.05, 4.69) is 46.9 Å². The third-order valence-corrected chi connectivity index (χ3v) is 4.87. The van der Waals surface area contributed by atoms with Crippen LogP contribution in [0.3, 0.4) is 0 Å². The highest BCUT2D eigenvalue weighted by Gasteiger charge is 2.47. The maximum absolute atomic E-state index is 13.2. The fourth-order valence-electron chi connectivity index (χ4n) is 3.48. The lowest BCUT2D eigenvalue weighted by atomic mass is 9.60. The fourth-order valence-corrected chi connectivity index (χ4v) is 3.48. The second-order valence-electron chi connectivity index (χ2n) is 10.6. The largest absolute Gasteiger partial charge is 0.481 e. The van der Waals surface area contributed by atoms with Crippen LogP contribution in [0.2, 0.25) is 0 Å². The Morgan fingerprint density at radius 3 is 1.75 bits per heavy atom. The van der Waals surface area contributed by atoms with Crippen LogP contribution in [0.1, 0.15) is 88.5 Å². The summed E-state index contributed by atoms with van der Waals surface area (Å²) in [6.45, 7) is 20.7. The molecule has 0 fully saturated rings. The number of hydrogen-bond acceptors (Lipinski definition) is 2. The average Bonchev–Trinajstić information content (AvgIpc) is 2.21. The van der Waals surface area contributed by atoms with Crippen LogP contribution in [0.25, 0.3) is 0 Å². The summed E-state index contributed by atoms with van der Waals surface area (Å²) in [6, 6.07) is 0. The van der Waals surface area contributed by atoms with Gasteiger partial charge in [-0.1, -0.05) is 55.4 Å². The van der Waals surface area contributed by atoms with Crippen LogP contribution in [-0.2, 0) is 9.59 Å². The summed E-state index contributed by atoms with van der Waals surface area (Å²) in [5.74, 6) is -0.726. The van der Waals surface area contributed by atoms with Crippen molar-refractivity contribution in [2.24, 2.45) is 22.2 Å². The molecule has 0 saturated carbocycles. The Morgan fingerprint density at radius 2 is 1.42 bits per heavy atom. The summed E-state index contributed by atoms with van der Waals surface area (Å²) in [5.41, 5.74) is -1.07. The number of carboxylic acid groups (broad SMARTS) is 1. The third kappa shape index (κ3) is 7.23. The van der Waals surface area contributed by atoms with Crippen molar-refractivity contribution in [1.82, 2.24) is 5.32 Å². The van der Waals surface area contributed by atoms with E-state index >= 15 is 0 Å². The van der Waals surface area contributed by atoms with Crippen molar-refractivity contribution in [2.75, 3.05) is 0 Å². The van der Waals surface area contributed by atoms with Crippen molar-refractivity contribution in [1.29, 1.82) is 0 Å². The van der Waals surface area contributed by atoms with E-state index in [0.717, 1.165) is 6.42 Å². The predicted molar refractivity (Wildman–Crippen MR) is 99.9 cm³/mol. The first-order chi connectivity index (χ1) is 10.4. The summed E-state index contributed by atoms with van der Waals surface area (Å²) in [4.78, 5) is 24.1. The molecule has 0 heterocycles. The zero-order valence-electron chi connectivity index (χ0n) is 17.5. The molecule has 24 heavy (non-hydrogen) atoms. The van der Waals surface area contributed by atoms with Gasteiger partial charge in [0, 0.05) is 12.0 Å². The number of carbonyl (C=O) groups is 2. The molecule has 0 saturated heterocycles. The van der Waals surface area contributed by atoms with E-state index in [9.17, 15) is 9.59 Å². The van der Waals surface area contributed by atoms with Crippen molar-refractivity contribution in [3.8, 4) is 0 Å². The first-order valence-electron chi connectivity index (χ1n) is 8.94. The highest BCUT2D eigenvalue weighted by molar-refractivity contribution is 5.83. The van der Waals surface area contributed by atoms with Crippen LogP contribution in [0.4, 0.5) is 0 Å². The molecule has 0 aromatic carbocycles. The first-order valence-corrected chi connectivity index (χ1v) is 8.94. The molecule has 0 aromatic heterocycles. The third-order valence-electron chi connectivity index (χ3n) is 4.87. The molecule has 1 amide bonds. The number of nitrogens with one attached hydrogen (secondary N) is 1. The van der Waals surface area contributed by atoms with Gasteiger partial charge in [0.2, 0.25) is 5.91 Å². The summed E-state index contributed by atoms with van der Waals surface area (Å²) in [6.07, 6.45) is 1.55. The standard InChI is InChI=1S/C20H39NO3/c1-14(11-15(22)23)12-19(8,9)21-16(24)20(10,18(5,6)7)13-17(2,3)4/h14H,11-13H2,1-10H3,(H,21,24)(H,22,23). The van der Waals surface area contributed by atoms with Crippen LogP contribution in [-0.4, -0.2) is 22.5 Å². The molecule has 0 radical (unpaired) electrons. The minimum Gasteiger partial charge on any atom is -0.481 e. The Morgan fingerprint density at radius 1 is 0.958 bits per heavy atom. The molecule has 2 atom stereocenters. The SMILES string of the molecule is CC(CC(=O)O)CC(C)(C)NC(=O)C(C)(CC(C)(C)C)C(C)(C)C. The van der Waals surface area contributed by atoms with E-state index in [1.54, 1.807) is 0 Å². The molecule has 0 spiro atoms. The van der Waals surface area contributed by atoms with Crippen molar-refractivity contribution in [3.63, 3.8) is 0 Å². The van der Waals surface area contributed by atoms with E-state index in [1.807, 2.05) is 27.7 Å². The van der Waals surface area contributed by atoms with Crippen molar-refractivity contribution >= 4 is 11.9 Å². The van der Waals surface area contributed by atoms with Crippen LogP contribution in [0, 0.1) is 22.2 Å². The molecule has 0 aliphatic rings. The lowest BCUT2D eigenvalue weighted by Gasteiger charge is -2.46. The van der Waals surface area contributed by atoms with Gasteiger partial charge in [-0.3, -0.25) is 9.59 Å². The molecule has 2 N–H and O–H groups in total. The Balaban J connectivity index is 5.29. The van der Waals surface area contributed by atoms with E-state index in [-0.39, 0.29) is 29.1 Å². The minimum absolute atomic E-state index is 0.0151. The molecular formula is C20H39NO3. The zero-order valence-corrected chi connectivity index (χ0v) is 17.5. The lowest BCUT2D eigenvalue weighted by Crippen LogP contribution is -2.55. The molecule has 0 aliphatic heterocycles. The van der Waals surface area contributed by atoms with Gasteiger partial charge in [-0.15, -0.1) is 0 Å². The van der Waals surface area contributed by atoms with Crippen molar-refractivity contribution in [3.05, 3.63) is 0 Å². The van der Waals surface area contributed by atoms with Gasteiger partial charge in [0.1, 0.15) is 0 Å². The minimum atomic E-state index is -0.795. The highest BCUT2D eigenvalue weighted by atomic mass is 16.4. The smallest absolute Gasteiger partial charge is 0.303 e. The molecule has 4 heteroatoms. The van der Waals surface area contributed by atoms with E-state index in [4.69, 9.17) is 5.11 Å². The monoisotopic (exact) mass is 341 g/mol. The topological polar surface area (TPSA) is 66.4 Å². The summed E-state index contributed by atoms with van der Waals surface area (Å²) in [5, 5.41) is 12.1. The molecule has 142 valence electrons. The van der Waals surface area contributed by atoms with Crippen LogP contribution in [0.5, 0.6) is 0 Å². The van der Waals surface area contributed by atoms with Crippen LogP contribution >= 0.6 is 0 Å². The van der Waals surface area contributed by atoms with E-state index in [1.165, 1.54) is 0 Å². The molecule has 0 rings (SSSR count). The second-order valence-corrected chi connectivity index (χ2v) is 10.6. The second kappa shape index (κ2) is 7.45. The van der Waals surface area contributed by atoms with E-state index in [0.29, 0.717) is 6.42 Å². The van der Waals surface area contributed by atoms with Gasteiger partial charge in [0.25, 0.3) is 0 Å². The van der Waals surface area contributed by atoms with Gasteiger partial charge in [-0.2, -0.15) is 0 Å². The quantitative estimate of drug-likeness (QED) is 0.694. The van der Waals surface area contributed by atoms with Crippen molar-refractivity contribution < 1.29 is 14.7 Å². The number of rotatable bonds is 7. The number of carboxylic acids is 1. The Hall–Kier alpha value is -1.06. The van der Waals surface area contributed by atoms with Gasteiger partial charge in [0.05, 0.1) is 5.41 Å². The van der Waals surface area contributed by atoms with Crippen LogP contribution < -0.4 is 5.32 Å². The maximum atomic E-state index is 13.2. The number of amides is 1. The Kier molecular flexibility index (Phi) is 7.12. The van der Waals surface area contributed by atoms with E-state index < -0.39 is 16.9 Å². The van der Waals surface area contributed by atoms with Gasteiger partial charge in [0.15, 0.2) is 0 Å². The molecule has 0 aliphatic carbocycles. The normalized spacial score (nSPS) is 17.1. The number of aliphatic carboxylic acids is 1. The van der Waals surface area contributed by atoms with Crippen molar-refractivity contribution in [2.45, 2.75) is 94.0 Å². The van der Waals surface area contributed by atoms with Gasteiger partial charge >= 0.3 is 5.97 Å². The molecule has 0 aromatic rings. The maximum Gasteiger partial charge on any atom is 0.303 e. The highest BCUT2D eigenvalue weighted by Crippen LogP contribution is 2.47. The molecule has 2 unspecified atom stereocenters. The molecule has 0 bridgehead atoms. The number of hydrogen-bond donors (Lipinski definition) is 2. The van der Waals surface area contributed by atoms with Crippen LogP contribution in [0.15, 0.2) is 0 Å². The summed E-state index contributed by atoms with van der Waals surface area (Å²) >= 11 is 0. The Bertz CT molecular complexity index is 454. The first kappa shape index (κ1) is 22.9. The predicted octanol–water partition coefficient (Wildman–Crippen LogP) is 4.87. The number of carbonyl (C=O) groups excluding carboxylic acids is 1. The average molecular weight is 342 g/mol. The summed E-state index contributed by atoms with van der Waals surface area (Å²) < 4.78 is 0. The Labute approximate surface area is 148 Å². The van der Waals surface area contributed by atoms with Gasteiger partial charge < -0.3 is 10.4 Å². The van der Waals surface area contributed by atoms with Gasteiger partial charge in [-0.05, 0) is 43.4 Å². The summed E-state index contributed by atoms with van der Waals surface area (Å²) in [7, 11) is 0. The zero-order chi connectivity index (χ0) is 19.6.